The molecule has 1 saturated heterocycles. The molecule has 7 nitrogen and oxygen atoms in total. The third-order valence-corrected chi connectivity index (χ3v) is 6.40. The Bertz CT molecular complexity index is 1440. The predicted molar refractivity (Wildman–Crippen MR) is 134 cm³/mol. The molecule has 0 saturated carbocycles. The molecule has 178 valence electrons. The van der Waals surface area contributed by atoms with Crippen LogP contribution in [-0.4, -0.2) is 33.5 Å². The summed E-state index contributed by atoms with van der Waals surface area (Å²) < 4.78 is 15.6. The van der Waals surface area contributed by atoms with Crippen LogP contribution in [0.3, 0.4) is 0 Å². The van der Waals surface area contributed by atoms with Crippen LogP contribution >= 0.6 is 0 Å². The van der Waals surface area contributed by atoms with Gasteiger partial charge in [0.05, 0.1) is 12.5 Å². The fourth-order valence-corrected chi connectivity index (χ4v) is 4.48. The largest absolute Gasteiger partial charge is 0.351 e. The number of rotatable bonds is 5. The quantitative estimate of drug-likeness (QED) is 0.473. The third-order valence-electron chi connectivity index (χ3n) is 6.40. The van der Waals surface area contributed by atoms with Gasteiger partial charge in [-0.3, -0.25) is 14.2 Å². The van der Waals surface area contributed by atoms with E-state index in [1.807, 2.05) is 41.3 Å². The van der Waals surface area contributed by atoms with Gasteiger partial charge >= 0.3 is 0 Å². The monoisotopic (exact) mass is 471 g/mol. The molecule has 4 aromatic rings. The second kappa shape index (κ2) is 9.66. The van der Waals surface area contributed by atoms with Crippen molar-refractivity contribution in [3.63, 3.8) is 0 Å². The minimum atomic E-state index is -0.360. The molecule has 0 spiro atoms. The van der Waals surface area contributed by atoms with Crippen LogP contribution in [0.4, 0.5) is 15.9 Å². The van der Waals surface area contributed by atoms with E-state index in [1.165, 1.54) is 6.07 Å². The maximum absolute atomic E-state index is 13.9. The molecule has 8 heteroatoms. The number of anilines is 2. The highest BCUT2D eigenvalue weighted by Gasteiger charge is 2.29. The van der Waals surface area contributed by atoms with Crippen molar-refractivity contribution in [2.24, 2.45) is 5.92 Å². The van der Waals surface area contributed by atoms with Crippen LogP contribution in [0, 0.1) is 18.7 Å². The van der Waals surface area contributed by atoms with Gasteiger partial charge in [0.2, 0.25) is 5.91 Å². The average molecular weight is 472 g/mol. The Morgan fingerprint density at radius 3 is 2.77 bits per heavy atom. The number of nitrogens with one attached hydrogen (secondary N) is 1. The summed E-state index contributed by atoms with van der Waals surface area (Å²) in [6, 6.07) is 18.0. The molecule has 1 amide bonds. The molecule has 1 atom stereocenters. The lowest BCUT2D eigenvalue weighted by Gasteiger charge is -2.32. The van der Waals surface area contributed by atoms with Crippen molar-refractivity contribution in [2.75, 3.05) is 23.3 Å². The predicted octanol–water partition coefficient (Wildman–Crippen LogP) is 4.14. The first kappa shape index (κ1) is 22.7. The van der Waals surface area contributed by atoms with E-state index in [9.17, 15) is 14.0 Å². The fourth-order valence-electron chi connectivity index (χ4n) is 4.48. The molecule has 0 unspecified atom stereocenters. The lowest BCUT2D eigenvalue weighted by Crippen LogP contribution is -2.44. The van der Waals surface area contributed by atoms with E-state index < -0.39 is 0 Å². The molecule has 35 heavy (non-hydrogen) atoms. The van der Waals surface area contributed by atoms with Crippen molar-refractivity contribution in [2.45, 2.75) is 26.3 Å². The highest BCUT2D eigenvalue weighted by atomic mass is 19.1. The van der Waals surface area contributed by atoms with E-state index in [4.69, 9.17) is 0 Å². The Morgan fingerprint density at radius 1 is 1.14 bits per heavy atom. The molecule has 5 rings (SSSR count). The molecule has 1 aliphatic rings. The van der Waals surface area contributed by atoms with Crippen molar-refractivity contribution in [1.82, 2.24) is 14.5 Å². The number of benzene rings is 2. The molecule has 3 heterocycles. The van der Waals surface area contributed by atoms with Crippen LogP contribution in [0.1, 0.15) is 24.0 Å². The van der Waals surface area contributed by atoms with Crippen LogP contribution in [-0.2, 0) is 11.3 Å². The minimum Gasteiger partial charge on any atom is -0.351 e. The topological polar surface area (TPSA) is 80.1 Å². The standard InChI is InChI=1S/C27H26FN5O2/c1-18-11-12-21(15-22(18)28)30-26(34)20-9-6-14-32(17-20)25-27(35)33(16-19-7-3-2-4-8-19)24-23(31-25)10-5-13-29-24/h2-5,7-8,10-13,15,20H,6,9,14,16-17H2,1H3,(H,30,34)/t20-/m0/s1. The van der Waals surface area contributed by atoms with Gasteiger partial charge in [-0.25, -0.2) is 14.4 Å². The van der Waals surface area contributed by atoms with Gasteiger partial charge in [-0.05, 0) is 55.2 Å². The van der Waals surface area contributed by atoms with Gasteiger partial charge in [-0.1, -0.05) is 36.4 Å². The van der Waals surface area contributed by atoms with Gasteiger partial charge in [-0.15, -0.1) is 0 Å². The van der Waals surface area contributed by atoms with Gasteiger partial charge in [0.15, 0.2) is 11.5 Å². The Kier molecular flexibility index (Phi) is 6.27. The summed E-state index contributed by atoms with van der Waals surface area (Å²) in [5, 5.41) is 2.82. The van der Waals surface area contributed by atoms with Gasteiger partial charge < -0.3 is 10.2 Å². The van der Waals surface area contributed by atoms with Gasteiger partial charge in [0, 0.05) is 25.0 Å². The van der Waals surface area contributed by atoms with E-state index in [2.05, 4.69) is 15.3 Å². The normalized spacial score (nSPS) is 15.8. The molecular formula is C27H26FN5O2. The molecule has 0 bridgehead atoms. The lowest BCUT2D eigenvalue weighted by atomic mass is 9.97. The minimum absolute atomic E-state index is 0.190. The number of hydrogen-bond acceptors (Lipinski definition) is 5. The fraction of sp³-hybridized carbons (Fsp3) is 0.259. The van der Waals surface area contributed by atoms with Crippen LogP contribution in [0.25, 0.3) is 11.2 Å². The average Bonchev–Trinajstić information content (AvgIpc) is 2.88. The highest BCUT2D eigenvalue weighted by molar-refractivity contribution is 5.93. The molecule has 1 N–H and O–H groups in total. The van der Waals surface area contributed by atoms with Crippen LogP contribution in [0.5, 0.6) is 0 Å². The van der Waals surface area contributed by atoms with Gasteiger partial charge in [0.1, 0.15) is 11.3 Å². The summed E-state index contributed by atoms with van der Waals surface area (Å²) in [4.78, 5) is 37.5. The van der Waals surface area contributed by atoms with Crippen LogP contribution < -0.4 is 15.8 Å². The van der Waals surface area contributed by atoms with Gasteiger partial charge in [0.25, 0.3) is 5.56 Å². The number of nitrogens with zero attached hydrogens (tertiary/aromatic N) is 4. The summed E-state index contributed by atoms with van der Waals surface area (Å²) in [6.45, 7) is 3.04. The molecule has 0 aliphatic carbocycles. The van der Waals surface area contributed by atoms with E-state index in [-0.39, 0.29) is 23.2 Å². The third kappa shape index (κ3) is 4.77. The molecule has 1 aliphatic heterocycles. The Morgan fingerprint density at radius 2 is 1.97 bits per heavy atom. The number of pyridine rings is 1. The number of carbonyl (C=O) groups is 1. The number of fused-ring (bicyclic) bond motifs is 1. The number of piperidine rings is 1. The first-order valence-electron chi connectivity index (χ1n) is 11.7. The Hall–Kier alpha value is -4.07. The lowest BCUT2D eigenvalue weighted by molar-refractivity contribution is -0.120. The highest BCUT2D eigenvalue weighted by Crippen LogP contribution is 2.23. The van der Waals surface area contributed by atoms with Crippen molar-refractivity contribution >= 4 is 28.6 Å². The van der Waals surface area contributed by atoms with Crippen molar-refractivity contribution < 1.29 is 9.18 Å². The van der Waals surface area contributed by atoms with E-state index in [1.54, 1.807) is 35.9 Å². The van der Waals surface area contributed by atoms with Crippen molar-refractivity contribution in [3.05, 3.63) is 94.2 Å². The number of amides is 1. The Labute approximate surface area is 202 Å². The molecule has 1 fully saturated rings. The molecule has 2 aromatic heterocycles. The van der Waals surface area contributed by atoms with Crippen molar-refractivity contribution in [1.29, 1.82) is 0 Å². The first-order valence-corrected chi connectivity index (χ1v) is 11.7. The van der Waals surface area contributed by atoms with Gasteiger partial charge in [-0.2, -0.15) is 0 Å². The van der Waals surface area contributed by atoms with Crippen molar-refractivity contribution in [3.8, 4) is 0 Å². The van der Waals surface area contributed by atoms with E-state index in [0.29, 0.717) is 54.3 Å². The number of halogens is 1. The molecule has 2 aromatic carbocycles. The molecule has 0 radical (unpaired) electrons. The Balaban J connectivity index is 1.43. The number of hydrogen-bond donors (Lipinski definition) is 1. The smallest absolute Gasteiger partial charge is 0.295 e. The number of carbonyl (C=O) groups excluding carboxylic acids is 1. The van der Waals surface area contributed by atoms with E-state index >= 15 is 0 Å². The van der Waals surface area contributed by atoms with Crippen LogP contribution in [0.2, 0.25) is 0 Å². The van der Waals surface area contributed by atoms with E-state index in [0.717, 1.165) is 12.0 Å². The second-order valence-corrected chi connectivity index (χ2v) is 8.90. The second-order valence-electron chi connectivity index (χ2n) is 8.90. The zero-order valence-electron chi connectivity index (χ0n) is 19.4. The maximum Gasteiger partial charge on any atom is 0.295 e. The maximum atomic E-state index is 13.9. The molecular weight excluding hydrogens is 445 g/mol. The zero-order valence-corrected chi connectivity index (χ0v) is 19.4. The summed E-state index contributed by atoms with van der Waals surface area (Å²) in [7, 11) is 0. The SMILES string of the molecule is Cc1ccc(NC(=O)[C@H]2CCCN(c3nc4cccnc4n(Cc4ccccc4)c3=O)C2)cc1F. The summed E-state index contributed by atoms with van der Waals surface area (Å²) in [6.07, 6.45) is 3.08. The number of aryl methyl sites for hydroxylation is 1. The summed E-state index contributed by atoms with van der Waals surface area (Å²) in [5.41, 5.74) is 2.85. The first-order chi connectivity index (χ1) is 17.0. The summed E-state index contributed by atoms with van der Waals surface area (Å²) in [5.74, 6) is -0.576. The summed E-state index contributed by atoms with van der Waals surface area (Å²) >= 11 is 0. The van der Waals surface area contributed by atoms with Crippen LogP contribution in [0.15, 0.2) is 71.7 Å². The number of aromatic nitrogens is 3. The zero-order chi connectivity index (χ0) is 24.4.